The summed E-state index contributed by atoms with van der Waals surface area (Å²) in [5.74, 6) is 2.19. The summed E-state index contributed by atoms with van der Waals surface area (Å²) in [6, 6.07) is 14.0. The number of nitrogens with two attached hydrogens (primary N) is 1. The predicted octanol–water partition coefficient (Wildman–Crippen LogP) is 2.44. The van der Waals surface area contributed by atoms with Gasteiger partial charge in [-0.1, -0.05) is 0 Å². The summed E-state index contributed by atoms with van der Waals surface area (Å²) in [6.45, 7) is 0.213. The molecule has 3 rings (SSSR count). The van der Waals surface area contributed by atoms with E-state index in [4.69, 9.17) is 30.6 Å². The van der Waals surface area contributed by atoms with Crippen LogP contribution in [-0.2, 0) is 0 Å². The number of fused-ring (bicyclic) bond motifs is 1. The van der Waals surface area contributed by atoms with E-state index in [1.54, 1.807) is 48.5 Å². The van der Waals surface area contributed by atoms with Gasteiger partial charge in [-0.15, -0.1) is 0 Å². The highest BCUT2D eigenvalue weighted by molar-refractivity contribution is 6.45. The van der Waals surface area contributed by atoms with Gasteiger partial charge >= 0.3 is 0 Å². The van der Waals surface area contributed by atoms with Crippen molar-refractivity contribution in [1.82, 2.24) is 0 Å². The van der Waals surface area contributed by atoms with Gasteiger partial charge in [0.1, 0.15) is 17.6 Å². The maximum Gasteiger partial charge on any atom is 0.231 e. The molecule has 2 aromatic carbocycles. The molecule has 0 spiro atoms. The average Bonchev–Trinajstić information content (AvgIpc) is 3.04. The van der Waals surface area contributed by atoms with Crippen molar-refractivity contribution in [1.29, 1.82) is 10.7 Å². The van der Waals surface area contributed by atoms with Crippen molar-refractivity contribution >= 4 is 17.2 Å². The molecule has 0 saturated carbocycles. The molecule has 0 fully saturated rings. The Balaban J connectivity index is 1.67. The van der Waals surface area contributed by atoms with E-state index < -0.39 is 5.84 Å². The Morgan fingerprint density at radius 2 is 1.88 bits per heavy atom. The number of amidine groups is 1. The van der Waals surface area contributed by atoms with Gasteiger partial charge in [-0.2, -0.15) is 10.4 Å². The average molecular weight is 323 g/mol. The van der Waals surface area contributed by atoms with E-state index in [2.05, 4.69) is 10.5 Å². The van der Waals surface area contributed by atoms with E-state index in [9.17, 15) is 0 Å². The fourth-order valence-electron chi connectivity index (χ4n) is 1.94. The Morgan fingerprint density at radius 3 is 2.58 bits per heavy atom. The fraction of sp³-hybridized carbons (Fsp3) is 0.0625. The molecular weight excluding hydrogens is 310 g/mol. The Morgan fingerprint density at radius 1 is 1.17 bits per heavy atom. The van der Waals surface area contributed by atoms with E-state index in [0.29, 0.717) is 28.7 Å². The summed E-state index contributed by atoms with van der Waals surface area (Å²) in [5.41, 5.74) is 8.31. The maximum atomic E-state index is 8.77. The molecule has 1 aliphatic heterocycles. The zero-order chi connectivity index (χ0) is 16.9. The number of hydrazone groups is 1. The molecule has 0 unspecified atom stereocenters. The van der Waals surface area contributed by atoms with Crippen LogP contribution in [0.25, 0.3) is 0 Å². The highest BCUT2D eigenvalue weighted by Gasteiger charge is 2.13. The third kappa shape index (κ3) is 3.36. The second-order valence-corrected chi connectivity index (χ2v) is 4.74. The van der Waals surface area contributed by atoms with Gasteiger partial charge in [-0.3, -0.25) is 10.8 Å². The van der Waals surface area contributed by atoms with Crippen LogP contribution in [0.3, 0.4) is 0 Å². The van der Waals surface area contributed by atoms with E-state index in [0.717, 1.165) is 0 Å². The summed E-state index contributed by atoms with van der Waals surface area (Å²) in [5, 5.41) is 19.7. The van der Waals surface area contributed by atoms with Crippen LogP contribution in [0, 0.1) is 16.7 Å². The standard InChI is InChI=1S/C16H13N5O3/c17-8-13(16(18)19)21-20-10-1-3-11(4-2-10)24-12-5-6-14-15(7-12)23-9-22-14/h1-7,20H,9H2,(H3,18,19)/b21-13+. The van der Waals surface area contributed by atoms with Crippen LogP contribution < -0.4 is 25.4 Å². The SMILES string of the molecule is N#C/C(=N\Nc1ccc(Oc2ccc3c(c2)OCO3)cc1)C(=N)N. The largest absolute Gasteiger partial charge is 0.457 e. The monoisotopic (exact) mass is 323 g/mol. The molecule has 4 N–H and O–H groups in total. The van der Waals surface area contributed by atoms with Gasteiger partial charge in [0.2, 0.25) is 12.5 Å². The quantitative estimate of drug-likeness (QED) is 0.441. The van der Waals surface area contributed by atoms with Gasteiger partial charge in [-0.25, -0.2) is 0 Å². The Hall–Kier alpha value is -3.73. The molecule has 0 aromatic heterocycles. The normalized spacial score (nSPS) is 12.4. The molecule has 0 atom stereocenters. The van der Waals surface area contributed by atoms with Crippen molar-refractivity contribution in [2.45, 2.75) is 0 Å². The van der Waals surface area contributed by atoms with Crippen molar-refractivity contribution in [3.8, 4) is 29.1 Å². The number of benzene rings is 2. The molecule has 24 heavy (non-hydrogen) atoms. The molecule has 0 aliphatic carbocycles. The van der Waals surface area contributed by atoms with E-state index in [1.807, 2.05) is 0 Å². The molecule has 8 heteroatoms. The van der Waals surface area contributed by atoms with Gasteiger partial charge in [0.05, 0.1) is 5.69 Å². The van der Waals surface area contributed by atoms with E-state index >= 15 is 0 Å². The molecule has 120 valence electrons. The second kappa shape index (κ2) is 6.58. The molecule has 2 aromatic rings. The van der Waals surface area contributed by atoms with Gasteiger partial charge in [0, 0.05) is 6.07 Å². The number of nitriles is 1. The van der Waals surface area contributed by atoms with Crippen LogP contribution in [0.2, 0.25) is 0 Å². The number of ether oxygens (including phenoxy) is 3. The van der Waals surface area contributed by atoms with Gasteiger partial charge in [-0.05, 0) is 36.4 Å². The Bertz CT molecular complexity index is 840. The third-order valence-electron chi connectivity index (χ3n) is 3.09. The molecule has 0 bridgehead atoms. The number of hydrogen-bond donors (Lipinski definition) is 3. The molecule has 8 nitrogen and oxygen atoms in total. The first kappa shape index (κ1) is 15.2. The molecule has 0 saturated heterocycles. The fourth-order valence-corrected chi connectivity index (χ4v) is 1.94. The minimum absolute atomic E-state index is 0.185. The van der Waals surface area contributed by atoms with Crippen molar-refractivity contribution < 1.29 is 14.2 Å². The lowest BCUT2D eigenvalue weighted by Gasteiger charge is -2.07. The number of anilines is 1. The van der Waals surface area contributed by atoms with Gasteiger partial charge in [0.15, 0.2) is 17.3 Å². The summed E-state index contributed by atoms with van der Waals surface area (Å²) in [4.78, 5) is 0. The number of nitrogens with zero attached hydrogens (tertiary/aromatic N) is 2. The zero-order valence-corrected chi connectivity index (χ0v) is 12.4. The second-order valence-electron chi connectivity index (χ2n) is 4.74. The first-order valence-corrected chi connectivity index (χ1v) is 6.91. The highest BCUT2D eigenvalue weighted by atomic mass is 16.7. The van der Waals surface area contributed by atoms with Crippen LogP contribution in [-0.4, -0.2) is 18.3 Å². The van der Waals surface area contributed by atoms with Crippen LogP contribution in [0.4, 0.5) is 5.69 Å². The van der Waals surface area contributed by atoms with Crippen LogP contribution >= 0.6 is 0 Å². The molecule has 1 heterocycles. The first-order chi connectivity index (χ1) is 11.7. The number of hydrogen-bond acceptors (Lipinski definition) is 7. The summed E-state index contributed by atoms with van der Waals surface area (Å²) in [7, 11) is 0. The summed E-state index contributed by atoms with van der Waals surface area (Å²) < 4.78 is 16.3. The van der Waals surface area contributed by atoms with Crippen molar-refractivity contribution in [3.63, 3.8) is 0 Å². The Kier molecular flexibility index (Phi) is 4.16. The molecule has 1 aliphatic rings. The first-order valence-electron chi connectivity index (χ1n) is 6.91. The number of rotatable bonds is 5. The summed E-state index contributed by atoms with van der Waals surface area (Å²) >= 11 is 0. The van der Waals surface area contributed by atoms with Gasteiger partial charge < -0.3 is 19.9 Å². The van der Waals surface area contributed by atoms with Gasteiger partial charge in [0.25, 0.3) is 0 Å². The van der Waals surface area contributed by atoms with Crippen molar-refractivity contribution in [2.24, 2.45) is 10.8 Å². The topological polar surface area (TPSA) is 126 Å². The lowest BCUT2D eigenvalue weighted by molar-refractivity contribution is 0.174. The zero-order valence-electron chi connectivity index (χ0n) is 12.4. The van der Waals surface area contributed by atoms with Crippen molar-refractivity contribution in [2.75, 3.05) is 12.2 Å². The van der Waals surface area contributed by atoms with Crippen LogP contribution in [0.5, 0.6) is 23.0 Å². The summed E-state index contributed by atoms with van der Waals surface area (Å²) in [6.07, 6.45) is 0. The van der Waals surface area contributed by atoms with Crippen molar-refractivity contribution in [3.05, 3.63) is 42.5 Å². The minimum atomic E-state index is -0.396. The van der Waals surface area contributed by atoms with Crippen LogP contribution in [0.15, 0.2) is 47.6 Å². The maximum absolute atomic E-state index is 8.77. The predicted molar refractivity (Wildman–Crippen MR) is 87.7 cm³/mol. The minimum Gasteiger partial charge on any atom is -0.457 e. The lowest BCUT2D eigenvalue weighted by atomic mass is 10.3. The Labute approximate surface area is 137 Å². The van der Waals surface area contributed by atoms with Crippen LogP contribution in [0.1, 0.15) is 0 Å². The van der Waals surface area contributed by atoms with E-state index in [1.165, 1.54) is 0 Å². The third-order valence-corrected chi connectivity index (χ3v) is 3.09. The molecular formula is C16H13N5O3. The molecule has 0 amide bonds. The van der Waals surface area contributed by atoms with E-state index in [-0.39, 0.29) is 12.5 Å². The highest BCUT2D eigenvalue weighted by Crippen LogP contribution is 2.36. The number of nitrogens with one attached hydrogen (secondary N) is 2. The molecule has 0 radical (unpaired) electrons. The lowest BCUT2D eigenvalue weighted by Crippen LogP contribution is -2.21. The smallest absolute Gasteiger partial charge is 0.231 e.